The van der Waals surface area contributed by atoms with E-state index in [0.717, 1.165) is 19.3 Å². The summed E-state index contributed by atoms with van der Waals surface area (Å²) in [4.78, 5) is 16.6. The van der Waals surface area contributed by atoms with Gasteiger partial charge in [-0.2, -0.15) is 0 Å². The number of ether oxygens (including phenoxy) is 4. The van der Waals surface area contributed by atoms with Gasteiger partial charge in [0.1, 0.15) is 18.0 Å². The average Bonchev–Trinajstić information content (AvgIpc) is 2.78. The molecule has 6 nitrogen and oxygen atoms in total. The van der Waals surface area contributed by atoms with Gasteiger partial charge in [0.15, 0.2) is 12.4 Å². The number of nitrogens with zero attached hydrogens (tertiary/aromatic N) is 1. The Hall–Kier alpha value is -2.44. The summed E-state index contributed by atoms with van der Waals surface area (Å²) in [6, 6.07) is 12.6. The SMILES string of the molecule is CCCCCC[C@H]1OC[C@@H](Oc2cccnc2)[C@@H](C(C)OC(=O)c2ccccc2)O1. The summed E-state index contributed by atoms with van der Waals surface area (Å²) in [5, 5.41) is 0. The van der Waals surface area contributed by atoms with Gasteiger partial charge in [-0.1, -0.05) is 44.4 Å². The summed E-state index contributed by atoms with van der Waals surface area (Å²) in [5.41, 5.74) is 0.511. The lowest BCUT2D eigenvalue weighted by Crippen LogP contribution is -2.52. The number of benzene rings is 1. The van der Waals surface area contributed by atoms with Gasteiger partial charge in [-0.25, -0.2) is 4.79 Å². The van der Waals surface area contributed by atoms with E-state index in [2.05, 4.69) is 11.9 Å². The van der Waals surface area contributed by atoms with Crippen molar-refractivity contribution in [3.05, 3.63) is 60.4 Å². The maximum absolute atomic E-state index is 12.5. The predicted molar refractivity (Wildman–Crippen MR) is 113 cm³/mol. The van der Waals surface area contributed by atoms with Crippen molar-refractivity contribution in [1.82, 2.24) is 4.98 Å². The summed E-state index contributed by atoms with van der Waals surface area (Å²) in [6.45, 7) is 4.39. The van der Waals surface area contributed by atoms with Crippen LogP contribution in [-0.2, 0) is 14.2 Å². The predicted octanol–water partition coefficient (Wildman–Crippen LogP) is 4.79. The van der Waals surface area contributed by atoms with Crippen LogP contribution in [0.4, 0.5) is 0 Å². The molecule has 0 N–H and O–H groups in total. The van der Waals surface area contributed by atoms with Crippen molar-refractivity contribution in [1.29, 1.82) is 0 Å². The summed E-state index contributed by atoms with van der Waals surface area (Å²) in [6.07, 6.45) is 7.06. The van der Waals surface area contributed by atoms with Crippen molar-refractivity contribution in [2.24, 2.45) is 0 Å². The van der Waals surface area contributed by atoms with E-state index in [1.807, 2.05) is 37.3 Å². The Morgan fingerprint density at radius 2 is 2.00 bits per heavy atom. The lowest BCUT2D eigenvalue weighted by Gasteiger charge is -2.39. The number of hydrogen-bond acceptors (Lipinski definition) is 6. The highest BCUT2D eigenvalue weighted by atomic mass is 16.7. The molecule has 6 heteroatoms. The Labute approximate surface area is 178 Å². The monoisotopic (exact) mass is 413 g/mol. The summed E-state index contributed by atoms with van der Waals surface area (Å²) in [5.74, 6) is 0.250. The molecular formula is C24H31NO5. The molecule has 0 aliphatic carbocycles. The van der Waals surface area contributed by atoms with Gasteiger partial charge in [0.2, 0.25) is 0 Å². The molecule has 0 radical (unpaired) electrons. The maximum atomic E-state index is 12.5. The molecular weight excluding hydrogens is 382 g/mol. The van der Waals surface area contributed by atoms with Crippen LogP contribution in [0.2, 0.25) is 0 Å². The molecule has 162 valence electrons. The van der Waals surface area contributed by atoms with Gasteiger partial charge in [0.25, 0.3) is 0 Å². The number of carbonyl (C=O) groups excluding carboxylic acids is 1. The van der Waals surface area contributed by atoms with E-state index in [9.17, 15) is 4.79 Å². The molecule has 0 amide bonds. The third-order valence-electron chi connectivity index (χ3n) is 5.10. The van der Waals surface area contributed by atoms with Gasteiger partial charge in [0.05, 0.1) is 18.4 Å². The molecule has 4 atom stereocenters. The number of carbonyl (C=O) groups is 1. The minimum Gasteiger partial charge on any atom is -0.484 e. The van der Waals surface area contributed by atoms with Crippen molar-refractivity contribution in [3.63, 3.8) is 0 Å². The lowest BCUT2D eigenvalue weighted by molar-refractivity contribution is -0.266. The molecule has 1 unspecified atom stereocenters. The van der Waals surface area contributed by atoms with E-state index in [0.29, 0.717) is 17.9 Å². The van der Waals surface area contributed by atoms with E-state index in [4.69, 9.17) is 18.9 Å². The first-order chi connectivity index (χ1) is 14.7. The Morgan fingerprint density at radius 3 is 2.73 bits per heavy atom. The second kappa shape index (κ2) is 11.7. The molecule has 1 aliphatic heterocycles. The molecule has 0 spiro atoms. The molecule has 2 aromatic rings. The summed E-state index contributed by atoms with van der Waals surface area (Å²) in [7, 11) is 0. The fraction of sp³-hybridized carbons (Fsp3) is 0.500. The van der Waals surface area contributed by atoms with Crippen molar-refractivity contribution in [2.45, 2.75) is 70.6 Å². The molecule has 30 heavy (non-hydrogen) atoms. The Balaban J connectivity index is 1.65. The third kappa shape index (κ3) is 6.54. The summed E-state index contributed by atoms with van der Waals surface area (Å²) >= 11 is 0. The Kier molecular flexibility index (Phi) is 8.66. The maximum Gasteiger partial charge on any atom is 0.338 e. The number of unbranched alkanes of at least 4 members (excludes halogenated alkanes) is 3. The van der Waals surface area contributed by atoms with Crippen LogP contribution in [-0.4, -0.2) is 42.2 Å². The van der Waals surface area contributed by atoms with Crippen molar-refractivity contribution in [2.75, 3.05) is 6.61 Å². The molecule has 1 aromatic carbocycles. The zero-order valence-electron chi connectivity index (χ0n) is 17.7. The standard InChI is InChI=1S/C24H31NO5/c1-3-4-5-9-14-22-27-17-21(29-20-13-10-15-25-16-20)23(30-22)18(2)28-24(26)19-11-7-6-8-12-19/h6-8,10-13,15-16,18,21-23H,3-5,9,14,17H2,1-2H3/t18?,21-,22+,23-/m1/s1. The van der Waals surface area contributed by atoms with E-state index < -0.39 is 18.3 Å². The van der Waals surface area contributed by atoms with Crippen LogP contribution in [0.1, 0.15) is 56.3 Å². The van der Waals surface area contributed by atoms with Gasteiger partial charge in [0, 0.05) is 6.20 Å². The zero-order chi connectivity index (χ0) is 21.2. The number of aromatic nitrogens is 1. The first kappa shape index (κ1) is 22.2. The van der Waals surface area contributed by atoms with Crippen LogP contribution >= 0.6 is 0 Å². The van der Waals surface area contributed by atoms with Crippen molar-refractivity contribution < 1.29 is 23.7 Å². The van der Waals surface area contributed by atoms with Gasteiger partial charge >= 0.3 is 5.97 Å². The van der Waals surface area contributed by atoms with E-state index >= 15 is 0 Å². The fourth-order valence-electron chi connectivity index (χ4n) is 3.47. The Morgan fingerprint density at radius 1 is 1.17 bits per heavy atom. The zero-order valence-corrected chi connectivity index (χ0v) is 17.7. The minimum absolute atomic E-state index is 0.321. The number of rotatable bonds is 10. The largest absolute Gasteiger partial charge is 0.484 e. The van der Waals surface area contributed by atoms with Gasteiger partial charge in [-0.15, -0.1) is 0 Å². The first-order valence-corrected chi connectivity index (χ1v) is 10.8. The van der Waals surface area contributed by atoms with Gasteiger partial charge < -0.3 is 18.9 Å². The fourth-order valence-corrected chi connectivity index (χ4v) is 3.47. The quantitative estimate of drug-likeness (QED) is 0.412. The minimum atomic E-state index is -0.499. The second-order valence-corrected chi connectivity index (χ2v) is 7.53. The topological polar surface area (TPSA) is 66.9 Å². The number of esters is 1. The van der Waals surface area contributed by atoms with Crippen LogP contribution in [0.3, 0.4) is 0 Å². The highest BCUT2D eigenvalue weighted by Crippen LogP contribution is 2.25. The smallest absolute Gasteiger partial charge is 0.338 e. The average molecular weight is 414 g/mol. The molecule has 1 saturated heterocycles. The molecule has 2 heterocycles. The molecule has 0 saturated carbocycles. The van der Waals surface area contributed by atoms with Crippen molar-refractivity contribution in [3.8, 4) is 5.75 Å². The molecule has 1 aromatic heterocycles. The molecule has 3 rings (SSSR count). The first-order valence-electron chi connectivity index (χ1n) is 10.8. The van der Waals surface area contributed by atoms with E-state index in [1.165, 1.54) is 12.8 Å². The van der Waals surface area contributed by atoms with Crippen LogP contribution < -0.4 is 4.74 Å². The number of pyridine rings is 1. The number of hydrogen-bond donors (Lipinski definition) is 0. The normalized spacial score (nSPS) is 22.3. The lowest BCUT2D eigenvalue weighted by atomic mass is 10.1. The molecule has 1 aliphatic rings. The second-order valence-electron chi connectivity index (χ2n) is 7.53. The highest BCUT2D eigenvalue weighted by Gasteiger charge is 2.39. The van der Waals surface area contributed by atoms with E-state index in [-0.39, 0.29) is 12.3 Å². The molecule has 1 fully saturated rings. The summed E-state index contributed by atoms with van der Waals surface area (Å²) < 4.78 is 23.9. The van der Waals surface area contributed by atoms with Crippen LogP contribution in [0.15, 0.2) is 54.9 Å². The third-order valence-corrected chi connectivity index (χ3v) is 5.10. The van der Waals surface area contributed by atoms with Gasteiger partial charge in [-0.05, 0) is 44.0 Å². The van der Waals surface area contributed by atoms with Crippen molar-refractivity contribution >= 4 is 5.97 Å². The van der Waals surface area contributed by atoms with Gasteiger partial charge in [-0.3, -0.25) is 4.98 Å². The van der Waals surface area contributed by atoms with Crippen LogP contribution in [0.5, 0.6) is 5.75 Å². The highest BCUT2D eigenvalue weighted by molar-refractivity contribution is 5.89. The van der Waals surface area contributed by atoms with Crippen LogP contribution in [0, 0.1) is 0 Å². The molecule has 0 bridgehead atoms. The Bertz CT molecular complexity index is 755. The van der Waals surface area contributed by atoms with E-state index in [1.54, 1.807) is 24.5 Å². The van der Waals surface area contributed by atoms with Crippen LogP contribution in [0.25, 0.3) is 0 Å².